The minimum Gasteiger partial charge on any atom is -0.492 e. The molecule has 0 aliphatic carbocycles. The number of unbranched alkanes of at least 4 members (excludes halogenated alkanes) is 18. The molecule has 10 heterocycles. The first-order chi connectivity index (χ1) is 40.5. The van der Waals surface area contributed by atoms with Gasteiger partial charge in [0, 0.05) is 54.5 Å². The van der Waals surface area contributed by atoms with Crippen LogP contribution in [0.15, 0.2) is 45.1 Å². The Labute approximate surface area is 518 Å². The predicted octanol–water partition coefficient (Wildman–Crippen LogP) is 25.0. The van der Waals surface area contributed by atoms with Crippen LogP contribution in [-0.2, 0) is 37.3 Å². The average molecular weight is 1250 g/mol. The molecule has 0 saturated carbocycles. The lowest BCUT2D eigenvalue weighted by Gasteiger charge is -2.13. The number of aromatic nitrogens is 4. The minimum absolute atomic E-state index is 0.665. The number of hydrogen-bond donors (Lipinski definition) is 0. The highest BCUT2D eigenvalue weighted by Crippen LogP contribution is 2.60. The maximum absolute atomic E-state index is 6.95. The van der Waals surface area contributed by atoms with Crippen molar-refractivity contribution >= 4 is 154 Å². The summed E-state index contributed by atoms with van der Waals surface area (Å²) in [6.07, 6.45) is 31.8. The normalized spacial score (nSPS) is 12.6. The molecule has 0 bridgehead atoms. The molecule has 9 aromatic heterocycles. The number of benzene rings is 1. The van der Waals surface area contributed by atoms with Crippen LogP contribution in [0.1, 0.15) is 205 Å². The lowest BCUT2D eigenvalue weighted by Crippen LogP contribution is -1.98. The molecule has 11 rings (SSSR count). The molecule has 0 fully saturated rings. The maximum atomic E-state index is 6.95. The molecule has 82 heavy (non-hydrogen) atoms. The van der Waals surface area contributed by atoms with Gasteiger partial charge in [0.1, 0.15) is 33.9 Å². The monoisotopic (exact) mass is 1250 g/mol. The molecule has 8 nitrogen and oxygen atoms in total. The lowest BCUT2D eigenvalue weighted by atomic mass is 10.00. The fourth-order valence-corrected chi connectivity index (χ4v) is 20.4. The molecular formula is C66H84N6O2S8. The Bertz CT molecular complexity index is 3550. The predicted molar refractivity (Wildman–Crippen MR) is 367 cm³/mol. The van der Waals surface area contributed by atoms with Crippen molar-refractivity contribution < 1.29 is 9.47 Å². The molecule has 16 heteroatoms. The standard InChI is InChI=1S/C66H84N6O2S8/c1-7-13-19-25-31-43-37-45-61(75-43)63-47(71(45)33-27-21-15-9-3)39-51(77-63)53-41-49(73-35-29-23-17-11-5)65(79-53)55-57-59(69-81-67-57)56(60-58(55)68-82-70-60)66-50(74-36-30-24-18-12-6)42-54(80-66)52-40-48-64(78-52)62-46(72(48)34-28-22-16-10-4)38-44(76-62)32-26-20-14-8-2/h37-42H,7-36H2,1-6H3. The first-order valence-electron chi connectivity index (χ1n) is 31.5. The van der Waals surface area contributed by atoms with E-state index in [1.807, 2.05) is 68.0 Å². The first-order valence-corrected chi connectivity index (χ1v) is 37.9. The van der Waals surface area contributed by atoms with Gasteiger partial charge in [-0.3, -0.25) is 0 Å². The van der Waals surface area contributed by atoms with Gasteiger partial charge in [-0.2, -0.15) is 17.5 Å². The number of aryl methyl sites for hydroxylation is 4. The van der Waals surface area contributed by atoms with E-state index in [1.54, 1.807) is 0 Å². The molecule has 0 N–H and O–H groups in total. The van der Waals surface area contributed by atoms with Crippen LogP contribution in [0.25, 0.3) is 92.3 Å². The first kappa shape index (κ1) is 60.0. The van der Waals surface area contributed by atoms with Crippen LogP contribution < -0.4 is 9.47 Å². The third-order valence-corrected chi connectivity index (χ3v) is 25.0. The van der Waals surface area contributed by atoms with Gasteiger partial charge in [-0.1, -0.05) is 157 Å². The summed E-state index contributed by atoms with van der Waals surface area (Å²) >= 11 is 14.2. The van der Waals surface area contributed by atoms with E-state index in [0.29, 0.717) is 13.2 Å². The zero-order chi connectivity index (χ0) is 56.4. The van der Waals surface area contributed by atoms with E-state index in [1.165, 1.54) is 234 Å². The van der Waals surface area contributed by atoms with Crippen molar-refractivity contribution in [3.05, 3.63) is 46.2 Å². The Hall–Kier alpha value is -3.74. The van der Waals surface area contributed by atoms with E-state index in [9.17, 15) is 0 Å². The lowest BCUT2D eigenvalue weighted by molar-refractivity contribution is 0.307. The second-order valence-electron chi connectivity index (χ2n) is 22.6. The summed E-state index contributed by atoms with van der Waals surface area (Å²) in [4.78, 5) is 10.2. The van der Waals surface area contributed by atoms with E-state index in [2.05, 4.69) is 87.1 Å². The van der Waals surface area contributed by atoms with Crippen molar-refractivity contribution in [2.75, 3.05) is 13.2 Å². The Morgan fingerprint density at radius 2 is 0.744 bits per heavy atom. The second-order valence-corrected chi connectivity index (χ2v) is 30.2. The van der Waals surface area contributed by atoms with E-state index in [0.717, 1.165) is 93.6 Å². The summed E-state index contributed by atoms with van der Waals surface area (Å²) in [6.45, 7) is 17.2. The summed E-state index contributed by atoms with van der Waals surface area (Å²) in [5.41, 5.74) is 11.0. The Morgan fingerprint density at radius 1 is 0.378 bits per heavy atom. The largest absolute Gasteiger partial charge is 0.492 e. The van der Waals surface area contributed by atoms with Crippen LogP contribution in [0.4, 0.5) is 11.4 Å². The van der Waals surface area contributed by atoms with Crippen LogP contribution in [0.2, 0.25) is 0 Å². The maximum Gasteiger partial charge on any atom is 0.138 e. The summed E-state index contributed by atoms with van der Waals surface area (Å²) in [5, 5.41) is 0. The summed E-state index contributed by atoms with van der Waals surface area (Å²) < 4.78 is 45.8. The van der Waals surface area contributed by atoms with Crippen molar-refractivity contribution in [1.29, 1.82) is 0 Å². The molecule has 1 aliphatic rings. The quantitative estimate of drug-likeness (QED) is 0.0367. The van der Waals surface area contributed by atoms with E-state index in [-0.39, 0.29) is 0 Å². The van der Waals surface area contributed by atoms with Crippen molar-refractivity contribution in [1.82, 2.24) is 17.9 Å². The van der Waals surface area contributed by atoms with Crippen molar-refractivity contribution in [2.24, 2.45) is 8.73 Å². The molecule has 438 valence electrons. The van der Waals surface area contributed by atoms with Gasteiger partial charge in [-0.15, -0.1) is 68.0 Å². The van der Waals surface area contributed by atoms with E-state index in [4.69, 9.17) is 26.9 Å². The highest BCUT2D eigenvalue weighted by molar-refractivity contribution is 7.58. The van der Waals surface area contributed by atoms with Gasteiger partial charge in [-0.25, -0.2) is 0 Å². The van der Waals surface area contributed by atoms with Gasteiger partial charge >= 0.3 is 0 Å². The molecule has 1 aliphatic heterocycles. The van der Waals surface area contributed by atoms with Crippen molar-refractivity contribution in [3.63, 3.8) is 0 Å². The molecule has 0 atom stereocenters. The molecule has 0 spiro atoms. The zero-order valence-electron chi connectivity index (χ0n) is 49.4. The zero-order valence-corrected chi connectivity index (χ0v) is 56.0. The topological polar surface area (TPSA) is 78.8 Å². The highest BCUT2D eigenvalue weighted by atomic mass is 32.1. The van der Waals surface area contributed by atoms with Crippen LogP contribution in [0, 0.1) is 0 Å². The van der Waals surface area contributed by atoms with Gasteiger partial charge in [0.2, 0.25) is 0 Å². The molecule has 1 aromatic carbocycles. The SMILES string of the molecule is CCCCCCOc1cc(-c2cc3c(s2)c2sc(CCCCCC)cc2n3CCCCCC)sc1-c1c2c(c(-c3sc(-c4cc5c(s4)c4sc(CCCCCC)cc4n5CCCCCC)cc3OCCCCCC)c3nsnc13)N=S=N2. The summed E-state index contributed by atoms with van der Waals surface area (Å²) in [7, 11) is 0. The summed E-state index contributed by atoms with van der Waals surface area (Å²) in [5.74, 6) is 1.81. The molecule has 10 aromatic rings. The van der Waals surface area contributed by atoms with Gasteiger partial charge in [0.15, 0.2) is 0 Å². The van der Waals surface area contributed by atoms with E-state index < -0.39 is 0 Å². The summed E-state index contributed by atoms with van der Waals surface area (Å²) in [6, 6.07) is 14.7. The van der Waals surface area contributed by atoms with Crippen molar-refractivity contribution in [2.45, 2.75) is 222 Å². The second kappa shape index (κ2) is 29.1. The Morgan fingerprint density at radius 3 is 1.16 bits per heavy atom. The number of ether oxygens (including phenoxy) is 2. The molecular weight excluding hydrogens is 1170 g/mol. The third kappa shape index (κ3) is 13.0. The number of nitrogens with zero attached hydrogens (tertiary/aromatic N) is 6. The van der Waals surface area contributed by atoms with Crippen LogP contribution >= 0.6 is 79.7 Å². The Kier molecular flexibility index (Phi) is 21.3. The fraction of sp³-hybridized carbons (Fsp3) is 0.545. The van der Waals surface area contributed by atoms with Crippen LogP contribution in [0.3, 0.4) is 0 Å². The molecule has 0 saturated heterocycles. The number of rotatable bonds is 36. The minimum atomic E-state index is 0.665. The number of fused-ring (bicyclic) bond motifs is 8. The number of hydrogen-bond acceptors (Lipinski definition) is 13. The van der Waals surface area contributed by atoms with Gasteiger partial charge < -0.3 is 18.6 Å². The fourth-order valence-electron chi connectivity index (χ4n) is 11.8. The van der Waals surface area contributed by atoms with Crippen molar-refractivity contribution in [3.8, 4) is 51.9 Å². The van der Waals surface area contributed by atoms with Crippen LogP contribution in [0.5, 0.6) is 11.5 Å². The van der Waals surface area contributed by atoms with Gasteiger partial charge in [0.05, 0.1) is 98.0 Å². The van der Waals surface area contributed by atoms with E-state index >= 15 is 0 Å². The molecule has 0 radical (unpaired) electrons. The van der Waals surface area contributed by atoms with Crippen LogP contribution in [-0.4, -0.2) is 31.1 Å². The average Bonchev–Trinajstić information content (AvgIpc) is 4.51. The third-order valence-electron chi connectivity index (χ3n) is 16.3. The van der Waals surface area contributed by atoms with Gasteiger partial charge in [0.25, 0.3) is 0 Å². The molecule has 0 unspecified atom stereocenters. The highest BCUT2D eigenvalue weighted by Gasteiger charge is 2.33. The number of thiophene rings is 6. The van der Waals surface area contributed by atoms with Gasteiger partial charge in [-0.05, 0) is 75.6 Å². The Balaban J connectivity index is 1.00. The molecule has 0 amide bonds. The smallest absolute Gasteiger partial charge is 0.138 e.